The third kappa shape index (κ3) is 5.78. The second-order valence-electron chi connectivity index (χ2n) is 10.7. The second-order valence-corrected chi connectivity index (χ2v) is 10.7. The molecular weight excluding hydrogens is 710 g/mol. The van der Waals surface area contributed by atoms with Crippen LogP contribution in [0.5, 0.6) is 0 Å². The summed E-state index contributed by atoms with van der Waals surface area (Å²) in [5, 5.41) is 6.73. The summed E-state index contributed by atoms with van der Waals surface area (Å²) in [5.41, 5.74) is 9.64. The first kappa shape index (κ1) is 31.1. The van der Waals surface area contributed by atoms with E-state index in [1.54, 1.807) is 5.56 Å². The molecule has 0 aliphatic heterocycles. The van der Waals surface area contributed by atoms with Crippen molar-refractivity contribution in [2.24, 2.45) is 0 Å². The summed E-state index contributed by atoms with van der Waals surface area (Å²) in [6.07, 6.45) is 7.24. The van der Waals surface area contributed by atoms with Crippen LogP contribution in [-0.4, -0.2) is 9.13 Å². The number of benzene rings is 3. The molecule has 5 aromatic carbocycles. The van der Waals surface area contributed by atoms with Crippen LogP contribution >= 0.6 is 0 Å². The van der Waals surface area contributed by atoms with Gasteiger partial charge in [0.2, 0.25) is 0 Å². The van der Waals surface area contributed by atoms with E-state index < -0.39 is 0 Å². The predicted molar refractivity (Wildman–Crippen MR) is 161 cm³/mol. The molecule has 204 valence electrons. The molecule has 0 saturated carbocycles. The molecule has 0 saturated heterocycles. The summed E-state index contributed by atoms with van der Waals surface area (Å²) >= 11 is 0. The van der Waals surface area contributed by atoms with Gasteiger partial charge in [-0.2, -0.15) is 0 Å². The van der Waals surface area contributed by atoms with E-state index in [4.69, 9.17) is 0 Å². The molecule has 7 aromatic rings. The minimum absolute atomic E-state index is 0. The Morgan fingerprint density at radius 3 is 1.90 bits per heavy atom. The van der Waals surface area contributed by atoms with Crippen molar-refractivity contribution >= 4 is 32.4 Å². The van der Waals surface area contributed by atoms with Crippen LogP contribution in [0.2, 0.25) is 0 Å². The van der Waals surface area contributed by atoms with E-state index in [-0.39, 0.29) is 50.7 Å². The van der Waals surface area contributed by atoms with Crippen molar-refractivity contribution in [3.63, 3.8) is 0 Å². The molecule has 0 unspecified atom stereocenters. The normalized spacial score (nSPS) is 12.1. The van der Waals surface area contributed by atoms with Crippen molar-refractivity contribution in [1.82, 2.24) is 9.13 Å². The van der Waals surface area contributed by atoms with Crippen molar-refractivity contribution in [1.29, 1.82) is 0 Å². The fourth-order valence-corrected chi connectivity index (χ4v) is 6.35. The van der Waals surface area contributed by atoms with Crippen LogP contribution in [0.25, 0.3) is 43.8 Å². The van der Waals surface area contributed by atoms with Crippen LogP contribution in [0.15, 0.2) is 109 Å². The number of aromatic nitrogens is 2. The van der Waals surface area contributed by atoms with Crippen LogP contribution < -0.4 is 24.8 Å². The Kier molecular flexibility index (Phi) is 9.85. The van der Waals surface area contributed by atoms with Crippen LogP contribution in [-0.2, 0) is 38.7 Å². The maximum Gasteiger partial charge on any atom is 4.00 e. The Bertz CT molecular complexity index is 1850. The van der Waals surface area contributed by atoms with Crippen molar-refractivity contribution in [3.05, 3.63) is 132 Å². The van der Waals surface area contributed by atoms with Gasteiger partial charge in [-0.05, 0) is 74.2 Å². The topological polar surface area (TPSA) is 9.86 Å². The molecule has 5 heteroatoms. The Morgan fingerprint density at radius 1 is 0.659 bits per heavy atom. The number of para-hydroxylation sites is 1. The molecule has 0 spiro atoms. The molecule has 0 N–H and O–H groups in total. The molecule has 0 atom stereocenters. The quantitative estimate of drug-likeness (QED) is 0.190. The smallest absolute Gasteiger partial charge is 1.00 e. The summed E-state index contributed by atoms with van der Waals surface area (Å²) in [6, 6.07) is 37.4. The Hall–Kier alpha value is -2.85. The van der Waals surface area contributed by atoms with Gasteiger partial charge in [0.05, 0.1) is 5.52 Å². The fourth-order valence-electron chi connectivity index (χ4n) is 6.35. The van der Waals surface area contributed by atoms with E-state index in [0.717, 1.165) is 0 Å². The summed E-state index contributed by atoms with van der Waals surface area (Å²) in [7, 11) is 0. The first-order chi connectivity index (χ1) is 18.7. The summed E-state index contributed by atoms with van der Waals surface area (Å²) in [5.74, 6) is 0. The van der Waals surface area contributed by atoms with Gasteiger partial charge in [0, 0.05) is 23.0 Å². The molecular formula is C36H32Cl2HfN2. The molecule has 41 heavy (non-hydrogen) atoms. The molecule has 1 aliphatic carbocycles. The summed E-state index contributed by atoms with van der Waals surface area (Å²) in [6.45, 7) is 4.27. The van der Waals surface area contributed by atoms with Gasteiger partial charge >= 0.3 is 25.8 Å². The largest absolute Gasteiger partial charge is 4.00 e. The maximum atomic E-state index is 2.50. The van der Waals surface area contributed by atoms with E-state index in [1.165, 1.54) is 86.5 Å². The average Bonchev–Trinajstić information content (AvgIpc) is 3.70. The second kappa shape index (κ2) is 13.0. The number of rotatable bonds is 2. The first-order valence-electron chi connectivity index (χ1n) is 13.7. The number of hydrogen-bond donors (Lipinski definition) is 0. The number of halogens is 2. The van der Waals surface area contributed by atoms with Gasteiger partial charge in [-0.3, -0.25) is 0 Å². The minimum Gasteiger partial charge on any atom is -1.00 e. The van der Waals surface area contributed by atoms with E-state index in [0.29, 0.717) is 0 Å². The molecule has 0 radical (unpaired) electrons. The van der Waals surface area contributed by atoms with Crippen LogP contribution in [0.1, 0.15) is 35.4 Å². The first-order valence-corrected chi connectivity index (χ1v) is 13.7. The van der Waals surface area contributed by atoms with E-state index in [9.17, 15) is 0 Å². The molecule has 0 bridgehead atoms. The summed E-state index contributed by atoms with van der Waals surface area (Å²) in [4.78, 5) is 0. The fraction of sp³-hybridized carbons (Fsp3) is 0.167. The Labute approximate surface area is 273 Å². The third-order valence-electron chi connectivity index (χ3n) is 8.07. The van der Waals surface area contributed by atoms with Crippen LogP contribution in [0.4, 0.5) is 0 Å². The SMILES string of the molecule is Cc1cc(C)n(-c2cc3ccccc3[cH-]2)c1.[Cl-].[Cl-].[Hf+4].c1ccc2[cH-]c(-n3c4c(c5ccccc53)CCCC4)cc2c1. The van der Waals surface area contributed by atoms with Gasteiger partial charge in [0.1, 0.15) is 0 Å². The monoisotopic (exact) mass is 742 g/mol. The maximum absolute atomic E-state index is 2.50. The minimum atomic E-state index is 0. The zero-order valence-electron chi connectivity index (χ0n) is 23.4. The van der Waals surface area contributed by atoms with Crippen molar-refractivity contribution in [3.8, 4) is 11.4 Å². The molecule has 2 heterocycles. The van der Waals surface area contributed by atoms with Gasteiger partial charge in [-0.1, -0.05) is 30.3 Å². The summed E-state index contributed by atoms with van der Waals surface area (Å²) < 4.78 is 4.75. The average molecular weight is 742 g/mol. The van der Waals surface area contributed by atoms with Gasteiger partial charge in [-0.15, -0.1) is 82.2 Å². The molecule has 1 aliphatic rings. The van der Waals surface area contributed by atoms with Gasteiger partial charge in [0.15, 0.2) is 0 Å². The van der Waals surface area contributed by atoms with Crippen LogP contribution in [0.3, 0.4) is 0 Å². The number of aryl methyl sites for hydroxylation is 3. The number of hydrogen-bond acceptors (Lipinski definition) is 0. The van der Waals surface area contributed by atoms with Gasteiger partial charge in [-0.25, -0.2) is 0 Å². The van der Waals surface area contributed by atoms with Crippen molar-refractivity contribution in [2.45, 2.75) is 39.5 Å². The van der Waals surface area contributed by atoms with Crippen LogP contribution in [0, 0.1) is 13.8 Å². The van der Waals surface area contributed by atoms with Crippen molar-refractivity contribution < 1.29 is 50.7 Å². The number of nitrogens with zero attached hydrogens (tertiary/aromatic N) is 2. The molecule has 0 amide bonds. The number of fused-ring (bicyclic) bond motifs is 5. The van der Waals surface area contributed by atoms with E-state index in [2.05, 4.69) is 132 Å². The Balaban J connectivity index is 0.000000184. The third-order valence-corrected chi connectivity index (χ3v) is 8.07. The Morgan fingerprint density at radius 2 is 1.24 bits per heavy atom. The van der Waals surface area contributed by atoms with E-state index >= 15 is 0 Å². The zero-order valence-corrected chi connectivity index (χ0v) is 28.5. The van der Waals surface area contributed by atoms with E-state index in [1.807, 2.05) is 0 Å². The van der Waals surface area contributed by atoms with Crippen molar-refractivity contribution in [2.75, 3.05) is 0 Å². The van der Waals surface area contributed by atoms with Gasteiger partial charge in [0.25, 0.3) is 0 Å². The zero-order chi connectivity index (χ0) is 25.6. The molecule has 8 rings (SSSR count). The molecule has 2 nitrogen and oxygen atoms in total. The standard InChI is InChI=1S/C21H18N.C15H14N.2ClH.Hf/c1-2-8-16-14-17(13-15(16)7-1)22-20-11-5-3-9-18(20)19-10-4-6-12-21(19)22;1-11-7-12(2)16(10-11)15-8-13-5-3-4-6-14(13)9-15;;;/h1-3,5,7-9,11,13-14H,4,6,10,12H2;3-10H,1-2H3;2*1H;/q2*-1;;;+4/p-2. The molecule has 0 fully saturated rings. The van der Waals surface area contributed by atoms with Gasteiger partial charge < -0.3 is 33.9 Å². The molecule has 2 aromatic heterocycles. The predicted octanol–water partition coefficient (Wildman–Crippen LogP) is 3.35.